The summed E-state index contributed by atoms with van der Waals surface area (Å²) in [6, 6.07) is 0. The summed E-state index contributed by atoms with van der Waals surface area (Å²) in [4.78, 5) is 13.7. The normalized spacial score (nSPS) is 19.3. The highest BCUT2D eigenvalue weighted by atomic mass is 15.2. The fourth-order valence-electron chi connectivity index (χ4n) is 2.79. The molecular formula is C15H27N5. The molecular weight excluding hydrogens is 250 g/mol. The minimum absolute atomic E-state index is 0.739. The molecule has 1 N–H and O–H groups in total. The highest BCUT2D eigenvalue weighted by molar-refractivity contribution is 5.48. The van der Waals surface area contributed by atoms with Gasteiger partial charge in [0, 0.05) is 38.4 Å². The molecule has 5 heteroatoms. The topological polar surface area (TPSA) is 44.3 Å². The lowest BCUT2D eigenvalue weighted by Gasteiger charge is -2.24. The molecule has 1 saturated heterocycles. The maximum atomic E-state index is 4.66. The van der Waals surface area contributed by atoms with Crippen molar-refractivity contribution in [2.24, 2.45) is 5.92 Å². The van der Waals surface area contributed by atoms with Gasteiger partial charge in [0.25, 0.3) is 0 Å². The zero-order valence-corrected chi connectivity index (χ0v) is 13.2. The lowest BCUT2D eigenvalue weighted by Crippen LogP contribution is -2.28. The molecule has 1 aliphatic rings. The lowest BCUT2D eigenvalue weighted by atomic mass is 10.1. The van der Waals surface area contributed by atoms with Crippen LogP contribution in [0.5, 0.6) is 0 Å². The third-order valence-electron chi connectivity index (χ3n) is 3.86. The first-order chi connectivity index (χ1) is 9.60. The van der Waals surface area contributed by atoms with E-state index in [0.717, 1.165) is 42.8 Å². The Hall–Kier alpha value is -1.36. The molecule has 0 amide bonds. The molecule has 1 unspecified atom stereocenters. The highest BCUT2D eigenvalue weighted by Gasteiger charge is 2.22. The first-order valence-corrected chi connectivity index (χ1v) is 7.57. The monoisotopic (exact) mass is 277 g/mol. The van der Waals surface area contributed by atoms with E-state index in [4.69, 9.17) is 0 Å². The predicted molar refractivity (Wildman–Crippen MR) is 84.4 cm³/mol. The van der Waals surface area contributed by atoms with Crippen LogP contribution in [-0.2, 0) is 0 Å². The van der Waals surface area contributed by atoms with Crippen molar-refractivity contribution >= 4 is 11.8 Å². The number of hydrogen-bond donors (Lipinski definition) is 1. The molecule has 5 nitrogen and oxygen atoms in total. The predicted octanol–water partition coefficient (Wildman–Crippen LogP) is 1.99. The summed E-state index contributed by atoms with van der Waals surface area (Å²) in [5, 5.41) is 3.26. The van der Waals surface area contributed by atoms with E-state index in [-0.39, 0.29) is 0 Å². The van der Waals surface area contributed by atoms with E-state index < -0.39 is 0 Å². The average Bonchev–Trinajstić information content (AvgIpc) is 2.83. The van der Waals surface area contributed by atoms with Gasteiger partial charge in [-0.1, -0.05) is 6.92 Å². The SMILES string of the molecule is CCCNc1ncc(C)c(N(C)CC2CCN(C)C2)n1. The summed E-state index contributed by atoms with van der Waals surface area (Å²) in [7, 11) is 4.33. The van der Waals surface area contributed by atoms with Gasteiger partial charge >= 0.3 is 0 Å². The minimum Gasteiger partial charge on any atom is -0.359 e. The van der Waals surface area contributed by atoms with Crippen LogP contribution in [0.15, 0.2) is 6.20 Å². The second kappa shape index (κ2) is 6.88. The van der Waals surface area contributed by atoms with Gasteiger partial charge in [-0.05, 0) is 39.3 Å². The van der Waals surface area contributed by atoms with Gasteiger partial charge in [0.1, 0.15) is 5.82 Å². The number of likely N-dealkylation sites (tertiary alicyclic amines) is 1. The van der Waals surface area contributed by atoms with E-state index in [0.29, 0.717) is 0 Å². The lowest BCUT2D eigenvalue weighted by molar-refractivity contribution is 0.395. The quantitative estimate of drug-likeness (QED) is 0.861. The van der Waals surface area contributed by atoms with Crippen LogP contribution in [-0.4, -0.2) is 55.1 Å². The van der Waals surface area contributed by atoms with E-state index in [1.165, 1.54) is 19.5 Å². The minimum atomic E-state index is 0.739. The zero-order chi connectivity index (χ0) is 14.5. The smallest absolute Gasteiger partial charge is 0.224 e. The Kier molecular flexibility index (Phi) is 5.17. The molecule has 20 heavy (non-hydrogen) atoms. The molecule has 0 saturated carbocycles. The van der Waals surface area contributed by atoms with Crippen molar-refractivity contribution in [3.8, 4) is 0 Å². The molecule has 112 valence electrons. The van der Waals surface area contributed by atoms with Gasteiger partial charge in [-0.15, -0.1) is 0 Å². The molecule has 0 radical (unpaired) electrons. The Labute approximate surface area is 122 Å². The van der Waals surface area contributed by atoms with Crippen molar-refractivity contribution in [1.29, 1.82) is 0 Å². The van der Waals surface area contributed by atoms with E-state index in [2.05, 4.69) is 53.0 Å². The average molecular weight is 277 g/mol. The largest absolute Gasteiger partial charge is 0.359 e. The Morgan fingerprint density at radius 1 is 1.50 bits per heavy atom. The highest BCUT2D eigenvalue weighted by Crippen LogP contribution is 2.21. The van der Waals surface area contributed by atoms with E-state index in [1.807, 2.05) is 6.20 Å². The summed E-state index contributed by atoms with van der Waals surface area (Å²) >= 11 is 0. The van der Waals surface area contributed by atoms with Gasteiger partial charge in [-0.2, -0.15) is 4.98 Å². The Morgan fingerprint density at radius 2 is 2.30 bits per heavy atom. The molecule has 0 bridgehead atoms. The van der Waals surface area contributed by atoms with Gasteiger partial charge in [0.2, 0.25) is 5.95 Å². The second-order valence-electron chi connectivity index (χ2n) is 5.92. The third kappa shape index (κ3) is 3.82. The van der Waals surface area contributed by atoms with Crippen molar-refractivity contribution in [3.63, 3.8) is 0 Å². The third-order valence-corrected chi connectivity index (χ3v) is 3.86. The molecule has 0 aromatic carbocycles. The van der Waals surface area contributed by atoms with Crippen LogP contribution in [0.3, 0.4) is 0 Å². The van der Waals surface area contributed by atoms with Gasteiger partial charge in [-0.25, -0.2) is 4.98 Å². The molecule has 1 aliphatic heterocycles. The number of rotatable bonds is 6. The van der Waals surface area contributed by atoms with Crippen molar-refractivity contribution in [2.45, 2.75) is 26.7 Å². The Bertz CT molecular complexity index is 434. The maximum absolute atomic E-state index is 4.66. The van der Waals surface area contributed by atoms with Crippen LogP contribution < -0.4 is 10.2 Å². The van der Waals surface area contributed by atoms with Gasteiger partial charge in [0.15, 0.2) is 0 Å². The summed E-state index contributed by atoms with van der Waals surface area (Å²) in [5.74, 6) is 2.53. The molecule has 1 fully saturated rings. The van der Waals surface area contributed by atoms with Crippen molar-refractivity contribution in [1.82, 2.24) is 14.9 Å². The molecule has 1 aromatic rings. The summed E-state index contributed by atoms with van der Waals surface area (Å²) in [6.07, 6.45) is 4.28. The van der Waals surface area contributed by atoms with Crippen LogP contribution in [0, 0.1) is 12.8 Å². The maximum Gasteiger partial charge on any atom is 0.224 e. The first-order valence-electron chi connectivity index (χ1n) is 7.57. The van der Waals surface area contributed by atoms with Gasteiger partial charge in [0.05, 0.1) is 0 Å². The molecule has 1 aromatic heterocycles. The number of nitrogens with one attached hydrogen (secondary N) is 1. The molecule has 2 rings (SSSR count). The number of hydrogen-bond acceptors (Lipinski definition) is 5. The standard InChI is InChI=1S/C15H27N5/c1-5-7-16-15-17-9-12(2)14(18-15)20(4)11-13-6-8-19(3)10-13/h9,13H,5-8,10-11H2,1-4H3,(H,16,17,18). The van der Waals surface area contributed by atoms with Crippen LogP contribution in [0.4, 0.5) is 11.8 Å². The molecule has 0 aliphatic carbocycles. The van der Waals surface area contributed by atoms with Crippen molar-refractivity contribution in [3.05, 3.63) is 11.8 Å². The van der Waals surface area contributed by atoms with Crippen LogP contribution >= 0.6 is 0 Å². The summed E-state index contributed by atoms with van der Waals surface area (Å²) in [6.45, 7) is 8.61. The van der Waals surface area contributed by atoms with Crippen LogP contribution in [0.1, 0.15) is 25.3 Å². The van der Waals surface area contributed by atoms with Crippen LogP contribution in [0.2, 0.25) is 0 Å². The van der Waals surface area contributed by atoms with Gasteiger partial charge in [-0.3, -0.25) is 0 Å². The molecule has 1 atom stereocenters. The fraction of sp³-hybridized carbons (Fsp3) is 0.733. The van der Waals surface area contributed by atoms with E-state index >= 15 is 0 Å². The second-order valence-corrected chi connectivity index (χ2v) is 5.92. The van der Waals surface area contributed by atoms with Crippen LogP contribution in [0.25, 0.3) is 0 Å². The van der Waals surface area contributed by atoms with Crippen molar-refractivity contribution < 1.29 is 0 Å². The Morgan fingerprint density at radius 3 is 2.95 bits per heavy atom. The molecule has 2 heterocycles. The zero-order valence-electron chi connectivity index (χ0n) is 13.2. The Balaban J connectivity index is 2.02. The molecule has 0 spiro atoms. The summed E-state index contributed by atoms with van der Waals surface area (Å²) < 4.78 is 0. The van der Waals surface area contributed by atoms with E-state index in [9.17, 15) is 0 Å². The van der Waals surface area contributed by atoms with Crippen molar-refractivity contribution in [2.75, 3.05) is 50.5 Å². The fourth-order valence-corrected chi connectivity index (χ4v) is 2.79. The number of aryl methyl sites for hydroxylation is 1. The number of nitrogens with zero attached hydrogens (tertiary/aromatic N) is 4. The van der Waals surface area contributed by atoms with Gasteiger partial charge < -0.3 is 15.1 Å². The number of aromatic nitrogens is 2. The summed E-state index contributed by atoms with van der Waals surface area (Å²) in [5.41, 5.74) is 1.14. The van der Waals surface area contributed by atoms with E-state index in [1.54, 1.807) is 0 Å². The first kappa shape index (κ1) is 15.0. The number of anilines is 2.